The first-order valence-electron chi connectivity index (χ1n) is 5.01. The van der Waals surface area contributed by atoms with Gasteiger partial charge in [0, 0.05) is 32.5 Å². The third-order valence-electron chi connectivity index (χ3n) is 2.38. The molecule has 1 aromatic carbocycles. The van der Waals surface area contributed by atoms with Gasteiger partial charge < -0.3 is 4.90 Å². The van der Waals surface area contributed by atoms with E-state index in [2.05, 4.69) is 0 Å². The Labute approximate surface area is 93.9 Å². The van der Waals surface area contributed by atoms with Crippen LogP contribution in [0.2, 0.25) is 0 Å². The average Bonchev–Trinajstić information content (AvgIpc) is 2.26. The summed E-state index contributed by atoms with van der Waals surface area (Å²) >= 11 is 0. The standard InChI is InChI=1S/C12H14FNO2/c1-9(15)14(2)8-7-12(16)10-3-5-11(13)6-4-10/h3-6H,7-8H2,1-2H3. The van der Waals surface area contributed by atoms with Crippen molar-refractivity contribution in [1.82, 2.24) is 4.90 Å². The van der Waals surface area contributed by atoms with Crippen molar-refractivity contribution in [1.29, 1.82) is 0 Å². The number of halogens is 1. The van der Waals surface area contributed by atoms with Crippen LogP contribution in [0.5, 0.6) is 0 Å². The molecular formula is C12H14FNO2. The second-order valence-electron chi connectivity index (χ2n) is 3.62. The molecule has 0 heterocycles. The van der Waals surface area contributed by atoms with Crippen LogP contribution < -0.4 is 0 Å². The molecule has 0 radical (unpaired) electrons. The highest BCUT2D eigenvalue weighted by atomic mass is 19.1. The minimum atomic E-state index is -0.364. The summed E-state index contributed by atoms with van der Waals surface area (Å²) in [5.41, 5.74) is 0.471. The van der Waals surface area contributed by atoms with Gasteiger partial charge in [0.05, 0.1) is 0 Å². The van der Waals surface area contributed by atoms with Crippen molar-refractivity contribution in [3.05, 3.63) is 35.6 Å². The lowest BCUT2D eigenvalue weighted by Crippen LogP contribution is -2.26. The van der Waals surface area contributed by atoms with Gasteiger partial charge in [-0.25, -0.2) is 4.39 Å². The number of rotatable bonds is 4. The van der Waals surface area contributed by atoms with E-state index in [1.54, 1.807) is 7.05 Å². The van der Waals surface area contributed by atoms with E-state index in [0.29, 0.717) is 12.1 Å². The number of carbonyl (C=O) groups is 2. The molecular weight excluding hydrogens is 209 g/mol. The molecule has 16 heavy (non-hydrogen) atoms. The zero-order chi connectivity index (χ0) is 12.1. The fourth-order valence-corrected chi connectivity index (χ4v) is 1.21. The summed E-state index contributed by atoms with van der Waals surface area (Å²) in [4.78, 5) is 24.0. The molecule has 0 aromatic heterocycles. The Hall–Kier alpha value is -1.71. The summed E-state index contributed by atoms with van der Waals surface area (Å²) in [6, 6.07) is 5.40. The third kappa shape index (κ3) is 3.46. The van der Waals surface area contributed by atoms with E-state index in [4.69, 9.17) is 0 Å². The van der Waals surface area contributed by atoms with Crippen LogP contribution in [-0.4, -0.2) is 30.2 Å². The number of ketones is 1. The molecule has 0 saturated heterocycles. The Morgan fingerprint density at radius 3 is 2.31 bits per heavy atom. The van der Waals surface area contributed by atoms with Crippen molar-refractivity contribution < 1.29 is 14.0 Å². The van der Waals surface area contributed by atoms with E-state index in [1.165, 1.54) is 36.1 Å². The number of nitrogens with zero attached hydrogens (tertiary/aromatic N) is 1. The Morgan fingerprint density at radius 2 is 1.81 bits per heavy atom. The lowest BCUT2D eigenvalue weighted by molar-refractivity contribution is -0.127. The molecule has 0 aliphatic heterocycles. The first kappa shape index (κ1) is 12.4. The number of carbonyl (C=O) groups excluding carboxylic acids is 2. The van der Waals surface area contributed by atoms with Crippen LogP contribution in [0.25, 0.3) is 0 Å². The first-order chi connectivity index (χ1) is 7.50. The molecule has 0 bridgehead atoms. The summed E-state index contributed by atoms with van der Waals surface area (Å²) in [5, 5.41) is 0. The second kappa shape index (κ2) is 5.39. The first-order valence-corrected chi connectivity index (χ1v) is 5.01. The molecule has 3 nitrogen and oxygen atoms in total. The monoisotopic (exact) mass is 223 g/mol. The number of hydrogen-bond donors (Lipinski definition) is 0. The van der Waals surface area contributed by atoms with Crippen molar-refractivity contribution in [2.24, 2.45) is 0 Å². The molecule has 0 unspecified atom stereocenters. The second-order valence-corrected chi connectivity index (χ2v) is 3.62. The fourth-order valence-electron chi connectivity index (χ4n) is 1.21. The molecule has 86 valence electrons. The van der Waals surface area contributed by atoms with Crippen molar-refractivity contribution in [2.75, 3.05) is 13.6 Å². The zero-order valence-corrected chi connectivity index (χ0v) is 9.37. The van der Waals surface area contributed by atoms with Crippen molar-refractivity contribution in [2.45, 2.75) is 13.3 Å². The van der Waals surface area contributed by atoms with Crippen molar-refractivity contribution >= 4 is 11.7 Å². The Balaban J connectivity index is 2.53. The van der Waals surface area contributed by atoms with Gasteiger partial charge in [-0.3, -0.25) is 9.59 Å². The van der Waals surface area contributed by atoms with Gasteiger partial charge in [-0.15, -0.1) is 0 Å². The van der Waals surface area contributed by atoms with E-state index in [1.807, 2.05) is 0 Å². The highest BCUT2D eigenvalue weighted by Crippen LogP contribution is 2.06. The lowest BCUT2D eigenvalue weighted by atomic mass is 10.1. The van der Waals surface area contributed by atoms with E-state index < -0.39 is 0 Å². The zero-order valence-electron chi connectivity index (χ0n) is 9.37. The fraction of sp³-hybridized carbons (Fsp3) is 0.333. The number of benzene rings is 1. The van der Waals surface area contributed by atoms with Gasteiger partial charge >= 0.3 is 0 Å². The molecule has 0 fully saturated rings. The molecule has 0 N–H and O–H groups in total. The predicted octanol–water partition coefficient (Wildman–Crippen LogP) is 1.88. The van der Waals surface area contributed by atoms with Crippen LogP contribution in [-0.2, 0) is 4.79 Å². The molecule has 4 heteroatoms. The van der Waals surface area contributed by atoms with Crippen LogP contribution in [0.1, 0.15) is 23.7 Å². The SMILES string of the molecule is CC(=O)N(C)CCC(=O)c1ccc(F)cc1. The molecule has 1 amide bonds. The molecule has 0 aliphatic rings. The maximum atomic E-state index is 12.6. The van der Waals surface area contributed by atoms with E-state index >= 15 is 0 Å². The lowest BCUT2D eigenvalue weighted by Gasteiger charge is -2.13. The van der Waals surface area contributed by atoms with Gasteiger partial charge in [-0.2, -0.15) is 0 Å². The summed E-state index contributed by atoms with van der Waals surface area (Å²) in [6.07, 6.45) is 0.252. The summed E-state index contributed by atoms with van der Waals surface area (Å²) in [6.45, 7) is 1.83. The predicted molar refractivity (Wildman–Crippen MR) is 58.7 cm³/mol. The normalized spacial score (nSPS) is 9.94. The quantitative estimate of drug-likeness (QED) is 0.731. The smallest absolute Gasteiger partial charge is 0.219 e. The van der Waals surface area contributed by atoms with Gasteiger partial charge in [-0.1, -0.05) is 0 Å². The molecule has 0 saturated carbocycles. The van der Waals surface area contributed by atoms with Crippen LogP contribution in [0, 0.1) is 5.82 Å². The molecule has 1 rings (SSSR count). The van der Waals surface area contributed by atoms with E-state index in [9.17, 15) is 14.0 Å². The van der Waals surface area contributed by atoms with Crippen LogP contribution >= 0.6 is 0 Å². The summed E-state index contributed by atoms with van der Waals surface area (Å²) < 4.78 is 12.6. The van der Waals surface area contributed by atoms with Gasteiger partial charge in [0.1, 0.15) is 5.82 Å². The maximum absolute atomic E-state index is 12.6. The van der Waals surface area contributed by atoms with Gasteiger partial charge in [0.2, 0.25) is 5.91 Å². The highest BCUT2D eigenvalue weighted by Gasteiger charge is 2.08. The van der Waals surface area contributed by atoms with Crippen LogP contribution in [0.15, 0.2) is 24.3 Å². The topological polar surface area (TPSA) is 37.4 Å². The van der Waals surface area contributed by atoms with Gasteiger partial charge in [0.25, 0.3) is 0 Å². The minimum Gasteiger partial charge on any atom is -0.346 e. The van der Waals surface area contributed by atoms with Gasteiger partial charge in [-0.05, 0) is 24.3 Å². The van der Waals surface area contributed by atoms with E-state index in [0.717, 1.165) is 0 Å². The largest absolute Gasteiger partial charge is 0.346 e. The molecule has 1 aromatic rings. The molecule has 0 atom stereocenters. The third-order valence-corrected chi connectivity index (χ3v) is 2.38. The molecule has 0 spiro atoms. The number of hydrogen-bond acceptors (Lipinski definition) is 2. The summed E-state index contributed by atoms with van der Waals surface area (Å²) in [7, 11) is 1.64. The minimum absolute atomic E-state index is 0.0769. The highest BCUT2D eigenvalue weighted by molar-refractivity contribution is 5.96. The maximum Gasteiger partial charge on any atom is 0.219 e. The number of Topliss-reactive ketones (excluding diaryl/α,β-unsaturated/α-hetero) is 1. The summed E-state index contributed by atoms with van der Waals surface area (Å²) in [5.74, 6) is -0.530. The molecule has 0 aliphatic carbocycles. The van der Waals surface area contributed by atoms with Crippen LogP contribution in [0.3, 0.4) is 0 Å². The van der Waals surface area contributed by atoms with Crippen LogP contribution in [0.4, 0.5) is 4.39 Å². The average molecular weight is 223 g/mol. The van der Waals surface area contributed by atoms with Crippen molar-refractivity contribution in [3.63, 3.8) is 0 Å². The van der Waals surface area contributed by atoms with Gasteiger partial charge in [0.15, 0.2) is 5.78 Å². The Kier molecular flexibility index (Phi) is 4.17. The Morgan fingerprint density at radius 1 is 1.25 bits per heavy atom. The van der Waals surface area contributed by atoms with E-state index in [-0.39, 0.29) is 23.9 Å². The number of amides is 1. The van der Waals surface area contributed by atoms with Crippen molar-refractivity contribution in [3.8, 4) is 0 Å². The Bertz CT molecular complexity index is 387.